The van der Waals surface area contributed by atoms with Crippen molar-refractivity contribution >= 4 is 11.9 Å². The minimum atomic E-state index is -1.11. The van der Waals surface area contributed by atoms with E-state index in [9.17, 15) is 14.7 Å². The SMILES string of the molecule is COC(=O)[C@H](NC(=O)[C@H]([NH3+])COCc1ccccc1)[C@@H](C)O. The molecule has 1 aromatic rings. The lowest BCUT2D eigenvalue weighted by atomic mass is 10.1. The van der Waals surface area contributed by atoms with Crippen LogP contribution in [0.1, 0.15) is 12.5 Å². The van der Waals surface area contributed by atoms with Crippen LogP contribution in [0, 0.1) is 0 Å². The van der Waals surface area contributed by atoms with Crippen molar-refractivity contribution in [1.82, 2.24) is 5.32 Å². The summed E-state index contributed by atoms with van der Waals surface area (Å²) in [6.07, 6.45) is -1.06. The van der Waals surface area contributed by atoms with Crippen LogP contribution in [-0.4, -0.2) is 48.9 Å². The highest BCUT2D eigenvalue weighted by molar-refractivity contribution is 5.87. The third-order valence-electron chi connectivity index (χ3n) is 3.04. The number of aliphatic hydroxyl groups is 1. The Morgan fingerprint density at radius 2 is 1.95 bits per heavy atom. The fraction of sp³-hybridized carbons (Fsp3) is 0.467. The van der Waals surface area contributed by atoms with Gasteiger partial charge in [0.25, 0.3) is 5.91 Å². The largest absolute Gasteiger partial charge is 0.467 e. The van der Waals surface area contributed by atoms with Crippen LogP contribution in [0.2, 0.25) is 0 Å². The number of esters is 1. The van der Waals surface area contributed by atoms with E-state index in [1.165, 1.54) is 14.0 Å². The van der Waals surface area contributed by atoms with Crippen molar-refractivity contribution in [2.75, 3.05) is 13.7 Å². The molecule has 0 heterocycles. The molecule has 0 aromatic heterocycles. The van der Waals surface area contributed by atoms with Gasteiger partial charge in [-0.1, -0.05) is 30.3 Å². The van der Waals surface area contributed by atoms with Crippen molar-refractivity contribution < 1.29 is 29.9 Å². The lowest BCUT2D eigenvalue weighted by molar-refractivity contribution is -0.411. The van der Waals surface area contributed by atoms with Crippen molar-refractivity contribution in [3.63, 3.8) is 0 Å². The molecule has 3 atom stereocenters. The van der Waals surface area contributed by atoms with E-state index in [1.807, 2.05) is 30.3 Å². The third kappa shape index (κ3) is 5.80. The molecule has 0 bridgehead atoms. The van der Waals surface area contributed by atoms with E-state index in [2.05, 4.69) is 15.8 Å². The van der Waals surface area contributed by atoms with Crippen LogP contribution in [0.3, 0.4) is 0 Å². The summed E-state index contributed by atoms with van der Waals surface area (Å²) in [5.74, 6) is -1.19. The first-order chi connectivity index (χ1) is 10.5. The molecule has 0 spiro atoms. The van der Waals surface area contributed by atoms with Crippen LogP contribution in [0.4, 0.5) is 0 Å². The molecule has 5 N–H and O–H groups in total. The number of hydrogen-bond donors (Lipinski definition) is 3. The summed E-state index contributed by atoms with van der Waals surface area (Å²) in [7, 11) is 1.19. The number of hydrogen-bond acceptors (Lipinski definition) is 5. The first kappa shape index (κ1) is 18.1. The maximum absolute atomic E-state index is 11.9. The molecule has 7 heteroatoms. The normalized spacial score (nSPS) is 14.7. The smallest absolute Gasteiger partial charge is 0.331 e. The van der Waals surface area contributed by atoms with Gasteiger partial charge < -0.3 is 25.6 Å². The number of amides is 1. The number of carbonyl (C=O) groups excluding carboxylic acids is 2. The molecule has 0 aliphatic carbocycles. The highest BCUT2D eigenvalue weighted by Crippen LogP contribution is 2.01. The van der Waals surface area contributed by atoms with E-state index in [0.717, 1.165) is 5.56 Å². The molecule has 122 valence electrons. The Morgan fingerprint density at radius 3 is 2.50 bits per heavy atom. The summed E-state index contributed by atoms with van der Waals surface area (Å²) in [5.41, 5.74) is 4.69. The van der Waals surface area contributed by atoms with Crippen molar-refractivity contribution in [2.24, 2.45) is 0 Å². The molecular formula is C15H23N2O5+. The standard InChI is InChI=1S/C15H22N2O5/c1-10(18)13(15(20)21-2)17-14(19)12(16)9-22-8-11-6-4-3-5-7-11/h3-7,10,12-13,18H,8-9,16H2,1-2H3,(H,17,19)/p+1/t10-,12-,13-/m1/s1. The summed E-state index contributed by atoms with van der Waals surface area (Å²) in [5, 5.41) is 11.9. The van der Waals surface area contributed by atoms with Crippen LogP contribution >= 0.6 is 0 Å². The Hall–Kier alpha value is -1.96. The number of benzene rings is 1. The Labute approximate surface area is 129 Å². The number of carbonyl (C=O) groups is 2. The lowest BCUT2D eigenvalue weighted by Gasteiger charge is -2.20. The van der Waals surface area contributed by atoms with Gasteiger partial charge in [-0.2, -0.15) is 0 Å². The zero-order valence-corrected chi connectivity index (χ0v) is 12.8. The van der Waals surface area contributed by atoms with Gasteiger partial charge in [0.15, 0.2) is 12.1 Å². The first-order valence-corrected chi connectivity index (χ1v) is 6.96. The van der Waals surface area contributed by atoms with Crippen LogP contribution in [-0.2, 0) is 25.7 Å². The van der Waals surface area contributed by atoms with Crippen molar-refractivity contribution in [2.45, 2.75) is 31.7 Å². The molecule has 0 saturated carbocycles. The van der Waals surface area contributed by atoms with Crippen molar-refractivity contribution in [3.8, 4) is 0 Å². The zero-order valence-electron chi connectivity index (χ0n) is 12.8. The van der Waals surface area contributed by atoms with Gasteiger partial charge in [0.1, 0.15) is 6.61 Å². The van der Waals surface area contributed by atoms with Gasteiger partial charge >= 0.3 is 5.97 Å². The van der Waals surface area contributed by atoms with Crippen molar-refractivity contribution in [3.05, 3.63) is 35.9 Å². The average molecular weight is 311 g/mol. The lowest BCUT2D eigenvalue weighted by Crippen LogP contribution is -2.71. The summed E-state index contributed by atoms with van der Waals surface area (Å²) >= 11 is 0. The topological polar surface area (TPSA) is 112 Å². The summed E-state index contributed by atoms with van der Waals surface area (Å²) < 4.78 is 9.96. The molecule has 0 saturated heterocycles. The Morgan fingerprint density at radius 1 is 1.32 bits per heavy atom. The third-order valence-corrected chi connectivity index (χ3v) is 3.04. The van der Waals surface area contributed by atoms with Crippen molar-refractivity contribution in [1.29, 1.82) is 0 Å². The molecule has 1 amide bonds. The average Bonchev–Trinajstić information content (AvgIpc) is 2.52. The summed E-state index contributed by atoms with van der Waals surface area (Å²) in [6, 6.07) is 7.72. The Kier molecular flexibility index (Phi) is 7.51. The maximum Gasteiger partial charge on any atom is 0.331 e. The van der Waals surface area contributed by atoms with Gasteiger partial charge in [-0.3, -0.25) is 4.79 Å². The first-order valence-electron chi connectivity index (χ1n) is 6.96. The summed E-state index contributed by atoms with van der Waals surface area (Å²) in [6.45, 7) is 1.87. The maximum atomic E-state index is 11.9. The van der Waals surface area contributed by atoms with Gasteiger partial charge in [0.2, 0.25) is 0 Å². The predicted octanol–water partition coefficient (Wildman–Crippen LogP) is -1.15. The highest BCUT2D eigenvalue weighted by Gasteiger charge is 2.29. The molecule has 0 unspecified atom stereocenters. The molecule has 0 aliphatic rings. The number of nitrogens with one attached hydrogen (secondary N) is 1. The van der Waals surface area contributed by atoms with Gasteiger partial charge in [0.05, 0.1) is 19.8 Å². The quantitative estimate of drug-likeness (QED) is 0.525. The van der Waals surface area contributed by atoms with Gasteiger partial charge in [-0.05, 0) is 12.5 Å². The number of rotatable bonds is 8. The van der Waals surface area contributed by atoms with Gasteiger partial charge in [-0.15, -0.1) is 0 Å². The molecule has 0 radical (unpaired) electrons. The van der Waals surface area contributed by atoms with Crippen LogP contribution in [0.25, 0.3) is 0 Å². The fourth-order valence-corrected chi connectivity index (χ4v) is 1.74. The fourth-order valence-electron chi connectivity index (χ4n) is 1.74. The second-order valence-electron chi connectivity index (χ2n) is 4.95. The number of quaternary nitrogens is 1. The summed E-state index contributed by atoms with van der Waals surface area (Å²) in [4.78, 5) is 23.4. The zero-order chi connectivity index (χ0) is 16.5. The highest BCUT2D eigenvalue weighted by atomic mass is 16.5. The molecular weight excluding hydrogens is 288 g/mol. The van der Waals surface area contributed by atoms with Crippen LogP contribution < -0.4 is 11.1 Å². The number of methoxy groups -OCH3 is 1. The van der Waals surface area contributed by atoms with E-state index < -0.39 is 30.1 Å². The van der Waals surface area contributed by atoms with E-state index >= 15 is 0 Å². The second-order valence-corrected chi connectivity index (χ2v) is 4.95. The van der Waals surface area contributed by atoms with Gasteiger partial charge in [0, 0.05) is 0 Å². The molecule has 7 nitrogen and oxygen atoms in total. The molecule has 0 fully saturated rings. The minimum Gasteiger partial charge on any atom is -0.467 e. The molecule has 22 heavy (non-hydrogen) atoms. The number of ether oxygens (including phenoxy) is 2. The minimum absolute atomic E-state index is 0.106. The van der Waals surface area contributed by atoms with E-state index in [0.29, 0.717) is 6.61 Å². The van der Waals surface area contributed by atoms with Crippen LogP contribution in [0.15, 0.2) is 30.3 Å². The van der Waals surface area contributed by atoms with Gasteiger partial charge in [-0.25, -0.2) is 4.79 Å². The monoisotopic (exact) mass is 311 g/mol. The molecule has 0 aliphatic heterocycles. The Balaban J connectivity index is 2.42. The predicted molar refractivity (Wildman–Crippen MR) is 78.4 cm³/mol. The van der Waals surface area contributed by atoms with E-state index in [4.69, 9.17) is 4.74 Å². The molecule has 1 rings (SSSR count). The number of aliphatic hydroxyl groups excluding tert-OH is 1. The molecule has 1 aromatic carbocycles. The van der Waals surface area contributed by atoms with Crippen LogP contribution in [0.5, 0.6) is 0 Å². The van der Waals surface area contributed by atoms with E-state index in [-0.39, 0.29) is 6.61 Å². The van der Waals surface area contributed by atoms with E-state index in [1.54, 1.807) is 0 Å². The Bertz CT molecular complexity index is 478. The second kappa shape index (κ2) is 9.14.